The third kappa shape index (κ3) is 4.42. The van der Waals surface area contributed by atoms with Crippen LogP contribution in [-0.4, -0.2) is 12.1 Å². The van der Waals surface area contributed by atoms with Gasteiger partial charge in [0.2, 0.25) is 0 Å². The first-order chi connectivity index (χ1) is 6.08. The summed E-state index contributed by atoms with van der Waals surface area (Å²) in [7, 11) is 0. The molecule has 1 N–H and O–H groups in total. The second-order valence-corrected chi connectivity index (χ2v) is 6.69. The molecule has 13 heavy (non-hydrogen) atoms. The molecular weight excluding hydrogens is 297 g/mol. The van der Waals surface area contributed by atoms with Crippen molar-refractivity contribution < 1.29 is 0 Å². The van der Waals surface area contributed by atoms with Crippen LogP contribution in [0.15, 0.2) is 12.1 Å². The average Bonchev–Trinajstić information content (AvgIpc) is 2.33. The van der Waals surface area contributed by atoms with Gasteiger partial charge in [-0.1, -0.05) is 13.8 Å². The van der Waals surface area contributed by atoms with Gasteiger partial charge in [-0.05, 0) is 48.1 Å². The van der Waals surface area contributed by atoms with Crippen LogP contribution < -0.4 is 5.32 Å². The minimum absolute atomic E-state index is 0.578. The predicted octanol–water partition coefficient (Wildman–Crippen LogP) is 3.28. The van der Waals surface area contributed by atoms with Crippen molar-refractivity contribution in [1.82, 2.24) is 5.32 Å². The molecule has 0 fully saturated rings. The molecule has 1 heterocycles. The van der Waals surface area contributed by atoms with E-state index >= 15 is 0 Å². The monoisotopic (exact) mass is 313 g/mol. The van der Waals surface area contributed by atoms with Crippen LogP contribution in [0.25, 0.3) is 0 Å². The number of rotatable bonds is 4. The Labute approximate surface area is 98.1 Å². The van der Waals surface area contributed by atoms with Crippen LogP contribution in [0.2, 0.25) is 0 Å². The molecule has 0 aromatic carbocycles. The topological polar surface area (TPSA) is 12.0 Å². The standard InChI is InChI=1S/C10H16INS/c1-7(2)12-8(3)6-9-4-5-10(11)13-9/h4-5,7-8,12H,6H2,1-3H3/i11+4. The first-order valence-corrected chi connectivity index (χ1v) is 6.47. The molecule has 0 amide bonds. The van der Waals surface area contributed by atoms with Gasteiger partial charge in [0.25, 0.3) is 0 Å². The van der Waals surface area contributed by atoms with E-state index < -0.39 is 0 Å². The molecule has 0 aliphatic rings. The minimum atomic E-state index is 0.578. The highest BCUT2D eigenvalue weighted by Crippen LogP contribution is 2.19. The van der Waals surface area contributed by atoms with Crippen LogP contribution in [0.3, 0.4) is 0 Å². The summed E-state index contributed by atoms with van der Waals surface area (Å²) in [6, 6.07) is 5.57. The fraction of sp³-hybridized carbons (Fsp3) is 0.600. The van der Waals surface area contributed by atoms with Gasteiger partial charge in [0.05, 0.1) is 2.88 Å². The Morgan fingerprint density at radius 1 is 1.38 bits per heavy atom. The second kappa shape index (κ2) is 5.32. The summed E-state index contributed by atoms with van der Waals surface area (Å²) >= 11 is 4.26. The number of hydrogen-bond donors (Lipinski definition) is 1. The highest BCUT2D eigenvalue weighted by atomic mass is 131. The van der Waals surface area contributed by atoms with E-state index in [1.54, 1.807) is 0 Å². The molecular formula is C10H16INS. The van der Waals surface area contributed by atoms with Gasteiger partial charge >= 0.3 is 0 Å². The smallest absolute Gasteiger partial charge is 0.0656 e. The lowest BCUT2D eigenvalue weighted by molar-refractivity contribution is 0.490. The van der Waals surface area contributed by atoms with Gasteiger partial charge in [-0.15, -0.1) is 11.3 Å². The molecule has 1 atom stereocenters. The van der Waals surface area contributed by atoms with E-state index in [0.717, 1.165) is 6.42 Å². The van der Waals surface area contributed by atoms with Crippen LogP contribution in [0.1, 0.15) is 25.6 Å². The maximum atomic E-state index is 3.50. The normalized spacial score (nSPS) is 13.6. The first kappa shape index (κ1) is 11.5. The summed E-state index contributed by atoms with van der Waals surface area (Å²) in [5.74, 6) is 0. The third-order valence-corrected chi connectivity index (χ3v) is 3.67. The zero-order valence-corrected chi connectivity index (χ0v) is 11.3. The van der Waals surface area contributed by atoms with E-state index in [0.29, 0.717) is 12.1 Å². The molecule has 3 heteroatoms. The molecule has 1 unspecified atom stereocenters. The fourth-order valence-corrected chi connectivity index (χ4v) is 3.28. The zero-order chi connectivity index (χ0) is 9.84. The van der Waals surface area contributed by atoms with Gasteiger partial charge < -0.3 is 5.32 Å². The molecule has 1 aromatic heterocycles. The summed E-state index contributed by atoms with van der Waals surface area (Å²) in [6.07, 6.45) is 1.14. The van der Waals surface area contributed by atoms with E-state index in [9.17, 15) is 0 Å². The minimum Gasteiger partial charge on any atom is -0.312 e. The molecule has 0 aliphatic heterocycles. The van der Waals surface area contributed by atoms with Crippen molar-refractivity contribution in [3.8, 4) is 0 Å². The highest BCUT2D eigenvalue weighted by molar-refractivity contribution is 14.1. The van der Waals surface area contributed by atoms with Crippen LogP contribution in [-0.2, 0) is 6.42 Å². The lowest BCUT2D eigenvalue weighted by atomic mass is 10.2. The lowest BCUT2D eigenvalue weighted by Crippen LogP contribution is -2.33. The van der Waals surface area contributed by atoms with Crippen molar-refractivity contribution in [3.63, 3.8) is 0 Å². The predicted molar refractivity (Wildman–Crippen MR) is 68.5 cm³/mol. The summed E-state index contributed by atoms with van der Waals surface area (Å²) < 4.78 is 1.38. The number of nitrogens with one attached hydrogen (secondary N) is 1. The van der Waals surface area contributed by atoms with Gasteiger partial charge in [-0.2, -0.15) is 0 Å². The molecule has 0 bridgehead atoms. The van der Waals surface area contributed by atoms with Gasteiger partial charge in [0, 0.05) is 17.0 Å². The maximum absolute atomic E-state index is 3.50. The molecule has 74 valence electrons. The Hall–Kier alpha value is 0.390. The molecule has 1 rings (SSSR count). The van der Waals surface area contributed by atoms with E-state index in [1.807, 2.05) is 11.3 Å². The van der Waals surface area contributed by atoms with Crippen LogP contribution in [0.4, 0.5) is 0 Å². The Balaban J connectivity index is 2.40. The van der Waals surface area contributed by atoms with Gasteiger partial charge in [-0.25, -0.2) is 0 Å². The van der Waals surface area contributed by atoms with E-state index in [-0.39, 0.29) is 0 Å². The Kier molecular flexibility index (Phi) is 4.69. The molecule has 0 aliphatic carbocycles. The summed E-state index contributed by atoms with van der Waals surface area (Å²) in [5, 5.41) is 3.50. The largest absolute Gasteiger partial charge is 0.312 e. The number of hydrogen-bond acceptors (Lipinski definition) is 2. The zero-order valence-electron chi connectivity index (χ0n) is 8.30. The van der Waals surface area contributed by atoms with Crippen molar-refractivity contribution in [2.45, 2.75) is 39.3 Å². The van der Waals surface area contributed by atoms with Crippen molar-refractivity contribution in [1.29, 1.82) is 0 Å². The fourth-order valence-electron chi connectivity index (χ4n) is 1.39. The SMILES string of the molecule is CC(C)NC(C)Cc1ccc([131I])s1. The summed E-state index contributed by atoms with van der Waals surface area (Å²) in [5.41, 5.74) is 0. The lowest BCUT2D eigenvalue weighted by Gasteiger charge is -2.15. The van der Waals surface area contributed by atoms with Crippen LogP contribution in [0, 0.1) is 2.88 Å². The Bertz CT molecular complexity index is 257. The first-order valence-electron chi connectivity index (χ1n) is 4.58. The third-order valence-electron chi connectivity index (χ3n) is 1.75. The average molecular weight is 313 g/mol. The molecule has 0 radical (unpaired) electrons. The summed E-state index contributed by atoms with van der Waals surface area (Å²) in [6.45, 7) is 6.62. The molecule has 0 saturated heterocycles. The molecule has 1 nitrogen and oxygen atoms in total. The van der Waals surface area contributed by atoms with Crippen LogP contribution >= 0.6 is 33.9 Å². The number of halogens is 1. The van der Waals surface area contributed by atoms with E-state index in [1.165, 1.54) is 7.76 Å². The highest BCUT2D eigenvalue weighted by Gasteiger charge is 2.06. The Morgan fingerprint density at radius 2 is 2.08 bits per heavy atom. The molecule has 1 aromatic rings. The second-order valence-electron chi connectivity index (χ2n) is 3.63. The van der Waals surface area contributed by atoms with Crippen LogP contribution in [0.5, 0.6) is 0 Å². The van der Waals surface area contributed by atoms with Crippen molar-refractivity contribution in [3.05, 3.63) is 19.9 Å². The van der Waals surface area contributed by atoms with E-state index in [4.69, 9.17) is 0 Å². The van der Waals surface area contributed by atoms with Crippen molar-refractivity contribution in [2.24, 2.45) is 0 Å². The van der Waals surface area contributed by atoms with E-state index in [2.05, 4.69) is 60.8 Å². The van der Waals surface area contributed by atoms with Gasteiger partial charge in [-0.3, -0.25) is 0 Å². The Morgan fingerprint density at radius 3 is 2.54 bits per heavy atom. The molecule has 0 saturated carbocycles. The van der Waals surface area contributed by atoms with Crippen molar-refractivity contribution >= 4 is 33.9 Å². The number of thiophene rings is 1. The summed E-state index contributed by atoms with van der Waals surface area (Å²) in [4.78, 5) is 1.48. The molecule has 0 spiro atoms. The quantitative estimate of drug-likeness (QED) is 0.841. The maximum Gasteiger partial charge on any atom is 0.0656 e. The van der Waals surface area contributed by atoms with Crippen molar-refractivity contribution in [2.75, 3.05) is 0 Å². The van der Waals surface area contributed by atoms with Gasteiger partial charge in [0.15, 0.2) is 0 Å². The van der Waals surface area contributed by atoms with Gasteiger partial charge in [0.1, 0.15) is 0 Å².